The summed E-state index contributed by atoms with van der Waals surface area (Å²) in [7, 11) is 0. The third-order valence-electron chi connectivity index (χ3n) is 6.38. The Morgan fingerprint density at radius 2 is 1.68 bits per heavy atom. The van der Waals surface area contributed by atoms with Gasteiger partial charge in [-0.2, -0.15) is 13.2 Å². The van der Waals surface area contributed by atoms with Crippen molar-refractivity contribution >= 4 is 23.6 Å². The van der Waals surface area contributed by atoms with Crippen molar-refractivity contribution in [3.8, 4) is 5.75 Å². The minimum Gasteiger partial charge on any atom is -0.464 e. The van der Waals surface area contributed by atoms with Crippen molar-refractivity contribution < 1.29 is 46.7 Å². The van der Waals surface area contributed by atoms with Crippen LogP contribution >= 0.6 is 0 Å². The molecule has 2 heterocycles. The van der Waals surface area contributed by atoms with Crippen LogP contribution in [-0.2, 0) is 30.0 Å². The summed E-state index contributed by atoms with van der Waals surface area (Å²) in [6, 6.07) is 5.94. The van der Waals surface area contributed by atoms with Crippen LogP contribution in [0.5, 0.6) is 5.75 Å². The Morgan fingerprint density at radius 1 is 1.08 bits per heavy atom. The standard InChI is InChI=1S/C24H21F3N2O8/c1-3-35-21(31)23(22(32)36-4-2)18(12-5-7-13(8-6-12)24(25,26)27)17-19(28-23)15-11-14(29(33)34)9-10-16(15)37-20(17)30/h5-11,17-19,28H,3-4H2,1-2H3/t17-,18-,19-/m0/s1. The van der Waals surface area contributed by atoms with Crippen molar-refractivity contribution in [3.05, 3.63) is 69.3 Å². The topological polar surface area (TPSA) is 134 Å². The van der Waals surface area contributed by atoms with Crippen molar-refractivity contribution in [3.63, 3.8) is 0 Å². The Morgan fingerprint density at radius 3 is 2.19 bits per heavy atom. The second-order valence-electron chi connectivity index (χ2n) is 8.39. The van der Waals surface area contributed by atoms with Crippen LogP contribution in [0.3, 0.4) is 0 Å². The number of benzene rings is 2. The lowest BCUT2D eigenvalue weighted by atomic mass is 9.72. The summed E-state index contributed by atoms with van der Waals surface area (Å²) in [4.78, 5) is 50.8. The molecule has 0 saturated carbocycles. The zero-order valence-corrected chi connectivity index (χ0v) is 19.5. The number of carbonyl (C=O) groups is 3. The van der Waals surface area contributed by atoms with Crippen molar-refractivity contribution in [2.24, 2.45) is 5.92 Å². The van der Waals surface area contributed by atoms with Crippen LogP contribution in [0.15, 0.2) is 42.5 Å². The van der Waals surface area contributed by atoms with Crippen LogP contribution in [0.4, 0.5) is 18.9 Å². The minimum absolute atomic E-state index is 0.0277. The maximum Gasteiger partial charge on any atom is 0.416 e. The van der Waals surface area contributed by atoms with Gasteiger partial charge >= 0.3 is 24.1 Å². The molecule has 2 aromatic carbocycles. The number of fused-ring (bicyclic) bond motifs is 3. The van der Waals surface area contributed by atoms with Crippen LogP contribution in [0.1, 0.15) is 42.5 Å². The summed E-state index contributed by atoms with van der Waals surface area (Å²) < 4.78 is 55.4. The maximum atomic E-state index is 13.4. The number of nitro benzene ring substituents is 1. The summed E-state index contributed by atoms with van der Waals surface area (Å²) in [5.74, 6) is -5.93. The zero-order valence-electron chi connectivity index (χ0n) is 19.5. The molecule has 0 unspecified atom stereocenters. The molecule has 1 N–H and O–H groups in total. The Kier molecular flexibility index (Phi) is 6.67. The number of carbonyl (C=O) groups excluding carboxylic acids is 3. The number of nitro groups is 1. The number of esters is 3. The fourth-order valence-electron chi connectivity index (χ4n) is 4.87. The summed E-state index contributed by atoms with van der Waals surface area (Å²) in [6.45, 7) is 2.64. The first-order valence-electron chi connectivity index (χ1n) is 11.2. The second-order valence-corrected chi connectivity index (χ2v) is 8.39. The summed E-state index contributed by atoms with van der Waals surface area (Å²) in [6.07, 6.45) is -4.66. The number of nitrogens with zero attached hydrogens (tertiary/aromatic N) is 1. The zero-order chi connectivity index (χ0) is 27.1. The van der Waals surface area contributed by atoms with Crippen LogP contribution in [0.2, 0.25) is 0 Å². The molecule has 13 heteroatoms. The van der Waals surface area contributed by atoms with Crippen molar-refractivity contribution in [1.82, 2.24) is 5.32 Å². The average Bonchev–Trinajstić information content (AvgIpc) is 3.22. The number of hydrogen-bond donors (Lipinski definition) is 1. The van der Waals surface area contributed by atoms with Gasteiger partial charge in [-0.3, -0.25) is 20.2 Å². The third-order valence-corrected chi connectivity index (χ3v) is 6.38. The van der Waals surface area contributed by atoms with Crippen molar-refractivity contribution in [1.29, 1.82) is 0 Å². The van der Waals surface area contributed by atoms with E-state index in [9.17, 15) is 37.7 Å². The molecule has 0 amide bonds. The molecule has 10 nitrogen and oxygen atoms in total. The Bertz CT molecular complexity index is 1240. The number of alkyl halides is 3. The van der Waals surface area contributed by atoms with Crippen molar-refractivity contribution in [2.45, 2.75) is 37.5 Å². The van der Waals surface area contributed by atoms with E-state index in [0.29, 0.717) is 0 Å². The van der Waals surface area contributed by atoms with Gasteiger partial charge in [-0.1, -0.05) is 12.1 Å². The van der Waals surface area contributed by atoms with Crippen LogP contribution in [0, 0.1) is 16.0 Å². The quantitative estimate of drug-likeness (QED) is 0.199. The van der Waals surface area contributed by atoms with Gasteiger partial charge in [0, 0.05) is 23.6 Å². The number of ether oxygens (including phenoxy) is 3. The molecule has 4 rings (SSSR count). The van der Waals surface area contributed by atoms with Gasteiger partial charge in [0.2, 0.25) is 5.54 Å². The third kappa shape index (κ3) is 4.28. The first-order chi connectivity index (χ1) is 17.4. The van der Waals surface area contributed by atoms with E-state index in [1.54, 1.807) is 0 Å². The predicted octanol–water partition coefficient (Wildman–Crippen LogP) is 3.44. The molecule has 2 aliphatic heterocycles. The maximum absolute atomic E-state index is 13.4. The SMILES string of the molecule is CCOC(=O)C1(C(=O)OCC)N[C@H]2c3cc([N+](=O)[O-])ccc3OC(=O)[C@H]2[C@@H]1c1ccc(C(F)(F)F)cc1. The monoisotopic (exact) mass is 522 g/mol. The average molecular weight is 522 g/mol. The van der Waals surface area contributed by atoms with Crippen molar-refractivity contribution in [2.75, 3.05) is 13.2 Å². The summed E-state index contributed by atoms with van der Waals surface area (Å²) in [5.41, 5.74) is -3.55. The number of nitrogens with one attached hydrogen (secondary N) is 1. The molecule has 0 bridgehead atoms. The highest BCUT2D eigenvalue weighted by Gasteiger charge is 2.68. The van der Waals surface area contributed by atoms with E-state index in [1.165, 1.54) is 19.9 Å². The smallest absolute Gasteiger partial charge is 0.416 e. The molecule has 2 aliphatic rings. The number of rotatable bonds is 6. The molecular formula is C24H21F3N2O8. The normalized spacial score (nSPS) is 21.9. The number of halogens is 3. The van der Waals surface area contributed by atoms with E-state index >= 15 is 0 Å². The van der Waals surface area contributed by atoms with Gasteiger partial charge in [-0.15, -0.1) is 0 Å². The van der Waals surface area contributed by atoms with Gasteiger partial charge in [0.1, 0.15) is 5.75 Å². The molecular weight excluding hydrogens is 501 g/mol. The molecule has 0 aromatic heterocycles. The van der Waals surface area contributed by atoms with E-state index < -0.39 is 58.0 Å². The molecule has 0 aliphatic carbocycles. The van der Waals surface area contributed by atoms with Gasteiger partial charge in [0.25, 0.3) is 5.69 Å². The van der Waals surface area contributed by atoms with Gasteiger partial charge in [0.05, 0.1) is 35.7 Å². The Hall–Kier alpha value is -4.00. The highest BCUT2D eigenvalue weighted by Crippen LogP contribution is 2.54. The highest BCUT2D eigenvalue weighted by molar-refractivity contribution is 6.08. The fraction of sp³-hybridized carbons (Fsp3) is 0.375. The molecule has 37 heavy (non-hydrogen) atoms. The van der Waals surface area contributed by atoms with E-state index in [-0.39, 0.29) is 35.8 Å². The lowest BCUT2D eigenvalue weighted by molar-refractivity contribution is -0.385. The Labute approximate surface area is 207 Å². The van der Waals surface area contributed by atoms with Crippen LogP contribution in [0.25, 0.3) is 0 Å². The van der Waals surface area contributed by atoms with Gasteiger partial charge in [-0.05, 0) is 37.6 Å². The first-order valence-corrected chi connectivity index (χ1v) is 11.2. The fourth-order valence-corrected chi connectivity index (χ4v) is 4.87. The molecule has 196 valence electrons. The van der Waals surface area contributed by atoms with E-state index in [0.717, 1.165) is 36.4 Å². The van der Waals surface area contributed by atoms with E-state index in [4.69, 9.17) is 14.2 Å². The molecule has 0 spiro atoms. The molecule has 0 radical (unpaired) electrons. The number of hydrogen-bond acceptors (Lipinski definition) is 9. The Balaban J connectivity index is 1.96. The van der Waals surface area contributed by atoms with Gasteiger partial charge < -0.3 is 14.2 Å². The summed E-state index contributed by atoms with van der Waals surface area (Å²) in [5, 5.41) is 14.2. The van der Waals surface area contributed by atoms with E-state index in [1.807, 2.05) is 0 Å². The number of non-ortho nitro benzene ring substituents is 1. The molecule has 1 saturated heterocycles. The second kappa shape index (κ2) is 9.47. The van der Waals surface area contributed by atoms with Gasteiger partial charge in [0.15, 0.2) is 0 Å². The largest absolute Gasteiger partial charge is 0.464 e. The lowest BCUT2D eigenvalue weighted by Crippen LogP contribution is -2.59. The lowest BCUT2D eigenvalue weighted by Gasteiger charge is -2.32. The highest BCUT2D eigenvalue weighted by atomic mass is 19.4. The molecule has 3 atom stereocenters. The van der Waals surface area contributed by atoms with E-state index in [2.05, 4.69) is 5.32 Å². The molecule has 1 fully saturated rings. The predicted molar refractivity (Wildman–Crippen MR) is 118 cm³/mol. The van der Waals surface area contributed by atoms with Crippen LogP contribution in [-0.4, -0.2) is 41.6 Å². The van der Waals surface area contributed by atoms with Gasteiger partial charge in [-0.25, -0.2) is 9.59 Å². The molecule has 2 aromatic rings. The first kappa shape index (κ1) is 26.1. The minimum atomic E-state index is -4.66. The van der Waals surface area contributed by atoms with Crippen LogP contribution < -0.4 is 10.1 Å². The summed E-state index contributed by atoms with van der Waals surface area (Å²) >= 11 is 0.